The summed E-state index contributed by atoms with van der Waals surface area (Å²) in [5.41, 5.74) is 6.56. The van der Waals surface area contributed by atoms with Crippen molar-refractivity contribution in [2.75, 3.05) is 30.0 Å². The Balaban J connectivity index is 1.39. The minimum Gasteiger partial charge on any atom is -0.493 e. The lowest BCUT2D eigenvalue weighted by Crippen LogP contribution is -2.25. The van der Waals surface area contributed by atoms with Crippen molar-refractivity contribution in [1.82, 2.24) is 9.97 Å². The number of hydrogen-bond acceptors (Lipinski definition) is 5. The molecule has 5 rings (SSSR count). The lowest BCUT2D eigenvalue weighted by Gasteiger charge is -2.22. The van der Waals surface area contributed by atoms with E-state index in [2.05, 4.69) is 24.0 Å². The second-order valence-electron chi connectivity index (χ2n) is 8.46. The highest BCUT2D eigenvalue weighted by Gasteiger charge is 2.30. The Morgan fingerprint density at radius 3 is 2.78 bits per heavy atom. The van der Waals surface area contributed by atoms with E-state index in [1.165, 1.54) is 23.1 Å². The SMILES string of the molecule is CCN1c2ncc(CCOc3ccc(C)c4c3CCC4)cc2C(=O)N(C)c2cccnc21. The largest absolute Gasteiger partial charge is 0.493 e. The van der Waals surface area contributed by atoms with Crippen molar-refractivity contribution < 1.29 is 9.53 Å². The lowest BCUT2D eigenvalue weighted by molar-refractivity contribution is 0.0994. The number of hydrogen-bond donors (Lipinski definition) is 0. The fourth-order valence-corrected chi connectivity index (χ4v) is 4.82. The summed E-state index contributed by atoms with van der Waals surface area (Å²) in [6.45, 7) is 5.45. The van der Waals surface area contributed by atoms with Gasteiger partial charge in [0.1, 0.15) is 11.6 Å². The summed E-state index contributed by atoms with van der Waals surface area (Å²) < 4.78 is 6.17. The van der Waals surface area contributed by atoms with Gasteiger partial charge < -0.3 is 14.5 Å². The second-order valence-corrected chi connectivity index (χ2v) is 8.46. The number of pyridine rings is 2. The standard InChI is InChI=1S/C26H28N4O2/c1-4-30-24-21(26(31)29(3)22-9-6-13-27-25(22)30)15-18(16-28-24)12-14-32-23-11-10-17(2)19-7-5-8-20(19)23/h6,9-11,13,15-16H,4-5,7-8,12,14H2,1-3H3. The zero-order valence-electron chi connectivity index (χ0n) is 18.9. The molecule has 3 aromatic rings. The Kier molecular flexibility index (Phi) is 5.29. The second kappa shape index (κ2) is 8.26. The zero-order chi connectivity index (χ0) is 22.2. The van der Waals surface area contributed by atoms with Crippen molar-refractivity contribution >= 4 is 23.2 Å². The van der Waals surface area contributed by atoms with Crippen LogP contribution < -0.4 is 14.5 Å². The van der Waals surface area contributed by atoms with Gasteiger partial charge >= 0.3 is 0 Å². The quantitative estimate of drug-likeness (QED) is 0.592. The van der Waals surface area contributed by atoms with Gasteiger partial charge in [-0.3, -0.25) is 4.79 Å². The number of carbonyl (C=O) groups excluding carboxylic acids is 1. The first-order valence-electron chi connectivity index (χ1n) is 11.3. The Morgan fingerprint density at radius 1 is 1.09 bits per heavy atom. The monoisotopic (exact) mass is 428 g/mol. The van der Waals surface area contributed by atoms with Crippen molar-refractivity contribution in [3.8, 4) is 5.75 Å². The smallest absolute Gasteiger partial charge is 0.261 e. The van der Waals surface area contributed by atoms with E-state index in [4.69, 9.17) is 9.72 Å². The molecule has 0 unspecified atom stereocenters. The highest BCUT2D eigenvalue weighted by molar-refractivity contribution is 6.12. The molecule has 6 nitrogen and oxygen atoms in total. The van der Waals surface area contributed by atoms with Crippen LogP contribution in [0.5, 0.6) is 5.75 Å². The number of amides is 1. The normalized spacial score (nSPS) is 14.7. The maximum absolute atomic E-state index is 13.3. The molecule has 0 saturated heterocycles. The van der Waals surface area contributed by atoms with Gasteiger partial charge in [0.05, 0.1) is 17.9 Å². The Morgan fingerprint density at radius 2 is 1.94 bits per heavy atom. The summed E-state index contributed by atoms with van der Waals surface area (Å²) in [6.07, 6.45) is 7.73. The van der Waals surface area contributed by atoms with Gasteiger partial charge in [-0.05, 0) is 79.6 Å². The van der Waals surface area contributed by atoms with Crippen LogP contribution in [0, 0.1) is 6.92 Å². The van der Waals surface area contributed by atoms with Gasteiger partial charge in [0.15, 0.2) is 5.82 Å². The molecule has 164 valence electrons. The van der Waals surface area contributed by atoms with Crippen molar-refractivity contribution in [2.24, 2.45) is 0 Å². The van der Waals surface area contributed by atoms with E-state index in [-0.39, 0.29) is 5.91 Å². The van der Waals surface area contributed by atoms with E-state index in [0.29, 0.717) is 31.0 Å². The van der Waals surface area contributed by atoms with Gasteiger partial charge in [-0.2, -0.15) is 0 Å². The van der Waals surface area contributed by atoms with Gasteiger partial charge in [-0.1, -0.05) is 6.07 Å². The van der Waals surface area contributed by atoms with Crippen LogP contribution in [0.15, 0.2) is 42.7 Å². The zero-order valence-corrected chi connectivity index (χ0v) is 18.9. The molecule has 0 atom stereocenters. The average molecular weight is 429 g/mol. The molecule has 1 aliphatic carbocycles. The predicted octanol–water partition coefficient (Wildman–Crippen LogP) is 4.64. The fraction of sp³-hybridized carbons (Fsp3) is 0.346. The predicted molar refractivity (Wildman–Crippen MR) is 126 cm³/mol. The van der Waals surface area contributed by atoms with Gasteiger partial charge in [-0.15, -0.1) is 0 Å². The first-order valence-corrected chi connectivity index (χ1v) is 11.3. The van der Waals surface area contributed by atoms with Crippen LogP contribution in [0.4, 0.5) is 17.3 Å². The van der Waals surface area contributed by atoms with Gasteiger partial charge in [-0.25, -0.2) is 9.97 Å². The third-order valence-corrected chi connectivity index (χ3v) is 6.54. The Labute approximate surface area is 188 Å². The van der Waals surface area contributed by atoms with Crippen molar-refractivity contribution in [2.45, 2.75) is 39.5 Å². The van der Waals surface area contributed by atoms with Crippen LogP contribution in [0.1, 0.15) is 46.0 Å². The number of anilines is 3. The molecule has 3 heterocycles. The van der Waals surface area contributed by atoms with Gasteiger partial charge in [0, 0.05) is 32.4 Å². The summed E-state index contributed by atoms with van der Waals surface area (Å²) in [4.78, 5) is 26.2. The molecule has 0 spiro atoms. The topological polar surface area (TPSA) is 58.6 Å². The Bertz CT molecular complexity index is 1190. The number of aryl methyl sites for hydroxylation is 1. The van der Waals surface area contributed by atoms with Gasteiger partial charge in [0.2, 0.25) is 0 Å². The highest BCUT2D eigenvalue weighted by atomic mass is 16.5. The van der Waals surface area contributed by atoms with E-state index in [0.717, 1.165) is 35.7 Å². The molecule has 0 saturated carbocycles. The van der Waals surface area contributed by atoms with E-state index in [1.807, 2.05) is 36.2 Å². The molecule has 0 N–H and O–H groups in total. The first-order chi connectivity index (χ1) is 15.6. The van der Waals surface area contributed by atoms with Gasteiger partial charge in [0.25, 0.3) is 5.91 Å². The number of aromatic nitrogens is 2. The van der Waals surface area contributed by atoms with E-state index in [1.54, 1.807) is 18.1 Å². The van der Waals surface area contributed by atoms with Crippen molar-refractivity contribution in [3.63, 3.8) is 0 Å². The number of rotatable bonds is 5. The van der Waals surface area contributed by atoms with Crippen LogP contribution in [0.2, 0.25) is 0 Å². The van der Waals surface area contributed by atoms with Crippen LogP contribution >= 0.6 is 0 Å². The number of ether oxygens (including phenoxy) is 1. The first kappa shape index (κ1) is 20.5. The van der Waals surface area contributed by atoms with Crippen LogP contribution in [0.25, 0.3) is 0 Å². The van der Waals surface area contributed by atoms with Crippen molar-refractivity contribution in [3.05, 3.63) is 70.5 Å². The average Bonchev–Trinajstić information content (AvgIpc) is 3.29. The molecule has 0 bridgehead atoms. The third kappa shape index (κ3) is 3.40. The number of fused-ring (bicyclic) bond motifs is 3. The summed E-state index contributed by atoms with van der Waals surface area (Å²) in [5, 5.41) is 0. The fourth-order valence-electron chi connectivity index (χ4n) is 4.82. The summed E-state index contributed by atoms with van der Waals surface area (Å²) in [6, 6.07) is 9.98. The van der Waals surface area contributed by atoms with E-state index in [9.17, 15) is 4.79 Å². The highest BCUT2D eigenvalue weighted by Crippen LogP contribution is 2.37. The third-order valence-electron chi connectivity index (χ3n) is 6.54. The summed E-state index contributed by atoms with van der Waals surface area (Å²) in [7, 11) is 1.79. The van der Waals surface area contributed by atoms with Crippen molar-refractivity contribution in [1.29, 1.82) is 0 Å². The molecular formula is C26H28N4O2. The molecule has 2 aliphatic rings. The van der Waals surface area contributed by atoms with Crippen LogP contribution in [-0.2, 0) is 19.3 Å². The number of benzene rings is 1. The minimum absolute atomic E-state index is 0.0724. The minimum atomic E-state index is -0.0724. The van der Waals surface area contributed by atoms with E-state index < -0.39 is 0 Å². The summed E-state index contributed by atoms with van der Waals surface area (Å²) >= 11 is 0. The molecular weight excluding hydrogens is 400 g/mol. The maximum atomic E-state index is 13.3. The molecule has 1 amide bonds. The molecule has 0 radical (unpaired) electrons. The summed E-state index contributed by atoms with van der Waals surface area (Å²) in [5.74, 6) is 2.33. The maximum Gasteiger partial charge on any atom is 0.261 e. The molecule has 2 aromatic heterocycles. The Hall–Kier alpha value is -3.41. The number of nitrogens with zero attached hydrogens (tertiary/aromatic N) is 4. The van der Waals surface area contributed by atoms with Crippen LogP contribution in [-0.4, -0.2) is 36.1 Å². The number of carbonyl (C=O) groups is 1. The molecule has 0 fully saturated rings. The molecule has 1 aliphatic heterocycles. The van der Waals surface area contributed by atoms with E-state index >= 15 is 0 Å². The molecule has 32 heavy (non-hydrogen) atoms. The van der Waals surface area contributed by atoms with Crippen LogP contribution in [0.3, 0.4) is 0 Å². The lowest BCUT2D eigenvalue weighted by atomic mass is 10.0. The molecule has 1 aromatic carbocycles. The molecule has 6 heteroatoms.